The van der Waals surface area contributed by atoms with E-state index >= 15 is 0 Å². The molecule has 1 unspecified atom stereocenters. The minimum Gasteiger partial charge on any atom is -0.304 e. The summed E-state index contributed by atoms with van der Waals surface area (Å²) in [6.45, 7) is 12.2. The summed E-state index contributed by atoms with van der Waals surface area (Å²) in [7, 11) is 1.30. The van der Waals surface area contributed by atoms with Crippen molar-refractivity contribution in [2.45, 2.75) is 65.5 Å². The third-order valence-electron chi connectivity index (χ3n) is 5.18. The lowest BCUT2D eigenvalue weighted by Gasteiger charge is -2.43. The van der Waals surface area contributed by atoms with Crippen LogP contribution in [0.2, 0.25) is 0 Å². The molecule has 1 radical (unpaired) electrons. The summed E-state index contributed by atoms with van der Waals surface area (Å²) < 4.78 is 0. The molecule has 0 amide bonds. The van der Waals surface area contributed by atoms with Gasteiger partial charge in [0.1, 0.15) is 0 Å². The molecule has 0 aromatic heterocycles. The van der Waals surface area contributed by atoms with Crippen molar-refractivity contribution in [3.05, 3.63) is 5.92 Å². The molecule has 2 heteroatoms. The maximum atomic E-state index is 2.73. The van der Waals surface area contributed by atoms with E-state index < -0.39 is 0 Å². The average molecular weight is 240 g/mol. The van der Waals surface area contributed by atoms with Crippen LogP contribution >= 0.6 is 0 Å². The van der Waals surface area contributed by atoms with Gasteiger partial charge in [0.25, 0.3) is 0 Å². The molecular formula is C14H30NSi. The highest BCUT2D eigenvalue weighted by Gasteiger charge is 2.37. The topological polar surface area (TPSA) is 3.24 Å². The summed E-state index contributed by atoms with van der Waals surface area (Å²) in [5.41, 5.74) is 1.34. The summed E-state index contributed by atoms with van der Waals surface area (Å²) >= 11 is 0. The SMILES string of the molecule is CCC(CC)(CC)[C](C)C([SiH3])N1CCCC1. The monoisotopic (exact) mass is 240 g/mol. The molecule has 1 heterocycles. The molecule has 1 nitrogen and oxygen atoms in total. The van der Waals surface area contributed by atoms with Crippen LogP contribution in [0.4, 0.5) is 0 Å². The zero-order valence-corrected chi connectivity index (χ0v) is 14.0. The summed E-state index contributed by atoms with van der Waals surface area (Å²) in [6.07, 6.45) is 6.79. The molecule has 95 valence electrons. The predicted octanol–water partition coefficient (Wildman–Crippen LogP) is 2.58. The zero-order valence-electron chi connectivity index (χ0n) is 12.0. The van der Waals surface area contributed by atoms with Gasteiger partial charge in [-0.05, 0) is 62.2 Å². The molecule has 1 aliphatic heterocycles. The molecule has 0 aromatic rings. The van der Waals surface area contributed by atoms with Crippen molar-refractivity contribution in [3.63, 3.8) is 0 Å². The second-order valence-corrected chi connectivity index (χ2v) is 6.54. The number of nitrogens with zero attached hydrogens (tertiary/aromatic N) is 1. The van der Waals surface area contributed by atoms with Crippen LogP contribution in [0.15, 0.2) is 0 Å². The Morgan fingerprint density at radius 1 is 1.12 bits per heavy atom. The molecule has 0 spiro atoms. The van der Waals surface area contributed by atoms with Crippen molar-refractivity contribution >= 4 is 10.2 Å². The fourth-order valence-electron chi connectivity index (χ4n) is 3.43. The average Bonchev–Trinajstić information content (AvgIpc) is 2.84. The summed E-state index contributed by atoms with van der Waals surface area (Å²) in [5, 5.41) is 0. The largest absolute Gasteiger partial charge is 0.304 e. The van der Waals surface area contributed by atoms with Gasteiger partial charge >= 0.3 is 0 Å². The molecule has 1 saturated heterocycles. The molecule has 1 aliphatic rings. The van der Waals surface area contributed by atoms with E-state index in [2.05, 4.69) is 32.6 Å². The lowest BCUT2D eigenvalue weighted by molar-refractivity contribution is 0.205. The standard InChI is InChI=1S/C14H30NSi/c1-5-14(6-2,7-3)12(4)13(16)15-10-8-9-11-15/h13H,5-11H2,1-4,16H3. The smallest absolute Gasteiger partial charge is 0.0252 e. The third-order valence-corrected chi connectivity index (χ3v) is 6.78. The molecule has 0 saturated carbocycles. The number of rotatable bonds is 6. The molecule has 16 heavy (non-hydrogen) atoms. The summed E-state index contributed by atoms with van der Waals surface area (Å²) in [5.74, 6) is 1.79. The summed E-state index contributed by atoms with van der Waals surface area (Å²) in [6, 6.07) is 0. The van der Waals surface area contributed by atoms with E-state index in [1.807, 2.05) is 0 Å². The Hall–Kier alpha value is 0.177. The van der Waals surface area contributed by atoms with Gasteiger partial charge in [0.2, 0.25) is 0 Å². The Morgan fingerprint density at radius 2 is 1.56 bits per heavy atom. The van der Waals surface area contributed by atoms with E-state index in [4.69, 9.17) is 0 Å². The normalized spacial score (nSPS) is 20.8. The molecule has 1 rings (SSSR count). The first kappa shape index (κ1) is 14.2. The molecule has 0 aliphatic carbocycles. The van der Waals surface area contributed by atoms with Crippen molar-refractivity contribution in [2.75, 3.05) is 13.1 Å². The van der Waals surface area contributed by atoms with Crippen LogP contribution in [0, 0.1) is 11.3 Å². The van der Waals surface area contributed by atoms with E-state index in [0.717, 1.165) is 5.67 Å². The highest BCUT2D eigenvalue weighted by molar-refractivity contribution is 6.13. The maximum Gasteiger partial charge on any atom is 0.0252 e. The Labute approximate surface area is 105 Å². The minimum atomic E-state index is 0.523. The van der Waals surface area contributed by atoms with Gasteiger partial charge in [-0.2, -0.15) is 0 Å². The van der Waals surface area contributed by atoms with E-state index in [0.29, 0.717) is 5.41 Å². The first-order valence-corrected chi connectivity index (χ1v) is 8.34. The Kier molecular flexibility index (Phi) is 5.52. The van der Waals surface area contributed by atoms with Crippen LogP contribution in [-0.4, -0.2) is 33.9 Å². The number of hydrogen-bond donors (Lipinski definition) is 0. The lowest BCUT2D eigenvalue weighted by Crippen LogP contribution is -2.44. The number of hydrogen-bond acceptors (Lipinski definition) is 1. The van der Waals surface area contributed by atoms with Crippen LogP contribution in [0.25, 0.3) is 0 Å². The van der Waals surface area contributed by atoms with E-state index in [1.54, 1.807) is 5.92 Å². The Morgan fingerprint density at radius 3 is 1.94 bits per heavy atom. The van der Waals surface area contributed by atoms with E-state index in [-0.39, 0.29) is 0 Å². The second kappa shape index (κ2) is 6.20. The van der Waals surface area contributed by atoms with Crippen molar-refractivity contribution in [2.24, 2.45) is 5.41 Å². The molecule has 0 bridgehead atoms. The van der Waals surface area contributed by atoms with Crippen molar-refractivity contribution in [1.29, 1.82) is 0 Å². The van der Waals surface area contributed by atoms with Gasteiger partial charge in [0, 0.05) is 10.2 Å². The Bertz CT molecular complexity index is 187. The highest BCUT2D eigenvalue weighted by Crippen LogP contribution is 2.42. The molecule has 1 fully saturated rings. The minimum absolute atomic E-state index is 0.523. The van der Waals surface area contributed by atoms with Crippen molar-refractivity contribution in [3.8, 4) is 0 Å². The highest BCUT2D eigenvalue weighted by atomic mass is 28.1. The fourth-order valence-corrected chi connectivity index (χ4v) is 4.56. The van der Waals surface area contributed by atoms with E-state index in [9.17, 15) is 0 Å². The second-order valence-electron chi connectivity index (χ2n) is 5.44. The van der Waals surface area contributed by atoms with Crippen molar-refractivity contribution in [1.82, 2.24) is 4.90 Å². The predicted molar refractivity (Wildman–Crippen MR) is 76.8 cm³/mol. The van der Waals surface area contributed by atoms with Crippen LogP contribution in [-0.2, 0) is 0 Å². The van der Waals surface area contributed by atoms with Gasteiger partial charge in [0.15, 0.2) is 0 Å². The fraction of sp³-hybridized carbons (Fsp3) is 0.929. The van der Waals surface area contributed by atoms with Crippen LogP contribution in [0.1, 0.15) is 59.8 Å². The van der Waals surface area contributed by atoms with Crippen LogP contribution in [0.3, 0.4) is 0 Å². The quantitative estimate of drug-likeness (QED) is 0.645. The first-order chi connectivity index (χ1) is 7.61. The number of likely N-dealkylation sites (tertiary alicyclic amines) is 1. The molecular weight excluding hydrogens is 210 g/mol. The first-order valence-electron chi connectivity index (χ1n) is 7.19. The van der Waals surface area contributed by atoms with Gasteiger partial charge in [-0.3, -0.25) is 0 Å². The summed E-state index contributed by atoms with van der Waals surface area (Å²) in [4.78, 5) is 2.73. The Balaban J connectivity index is 2.68. The zero-order chi connectivity index (χ0) is 12.2. The van der Waals surface area contributed by atoms with Gasteiger partial charge in [0.05, 0.1) is 0 Å². The molecule has 1 atom stereocenters. The van der Waals surface area contributed by atoms with Crippen LogP contribution in [0.5, 0.6) is 0 Å². The van der Waals surface area contributed by atoms with Crippen molar-refractivity contribution < 1.29 is 0 Å². The third kappa shape index (κ3) is 2.70. The van der Waals surface area contributed by atoms with Gasteiger partial charge in [-0.25, -0.2) is 0 Å². The van der Waals surface area contributed by atoms with Gasteiger partial charge in [-0.15, -0.1) is 0 Å². The molecule has 0 aromatic carbocycles. The maximum absolute atomic E-state index is 2.73. The van der Waals surface area contributed by atoms with Gasteiger partial charge in [-0.1, -0.05) is 27.7 Å². The lowest BCUT2D eigenvalue weighted by atomic mass is 9.69. The van der Waals surface area contributed by atoms with Crippen LogP contribution < -0.4 is 0 Å². The molecule has 0 N–H and O–H groups in total. The van der Waals surface area contributed by atoms with E-state index in [1.165, 1.54) is 55.4 Å². The van der Waals surface area contributed by atoms with Gasteiger partial charge < -0.3 is 4.90 Å².